The summed E-state index contributed by atoms with van der Waals surface area (Å²) in [4.78, 5) is 21.2. The lowest BCUT2D eigenvalue weighted by molar-refractivity contribution is 0.0536. The zero-order chi connectivity index (χ0) is 17.0. The van der Waals surface area contributed by atoms with Gasteiger partial charge in [-0.25, -0.2) is 4.79 Å². The van der Waals surface area contributed by atoms with E-state index in [1.54, 1.807) is 18.6 Å². The monoisotopic (exact) mass is 315 g/mol. The minimum atomic E-state index is -0.582. The lowest BCUT2D eigenvalue weighted by atomic mass is 10.1. The molecule has 122 valence electrons. The van der Waals surface area contributed by atoms with Gasteiger partial charge in [0, 0.05) is 24.2 Å². The molecule has 0 aromatic carbocycles. The highest BCUT2D eigenvalue weighted by Crippen LogP contribution is 2.27. The molecular weight excluding hydrogens is 294 g/mol. The van der Waals surface area contributed by atoms with Crippen LogP contribution in [0.25, 0.3) is 11.1 Å². The van der Waals surface area contributed by atoms with Gasteiger partial charge in [0.25, 0.3) is 0 Å². The van der Waals surface area contributed by atoms with E-state index in [2.05, 4.69) is 10.1 Å². The zero-order valence-electron chi connectivity index (χ0n) is 14.0. The molecule has 6 nitrogen and oxygen atoms in total. The molecule has 0 aliphatic carbocycles. The molecule has 2 aromatic rings. The number of hydrogen-bond acceptors (Lipinski definition) is 5. The van der Waals surface area contributed by atoms with Crippen molar-refractivity contribution in [1.29, 1.82) is 0 Å². The minimum absolute atomic E-state index is 0.460. The molecule has 0 saturated carbocycles. The fraction of sp³-hybridized carbons (Fsp3) is 0.353. The minimum Gasteiger partial charge on any atom is -0.443 e. The van der Waals surface area contributed by atoms with Crippen LogP contribution in [0, 0.1) is 6.92 Å². The summed E-state index contributed by atoms with van der Waals surface area (Å²) in [5.74, 6) is 0. The molecule has 0 radical (unpaired) electrons. The molecule has 0 fully saturated rings. The van der Waals surface area contributed by atoms with Gasteiger partial charge in [-0.05, 0) is 51.0 Å². The first kappa shape index (κ1) is 16.7. The van der Waals surface area contributed by atoms with Crippen LogP contribution in [-0.4, -0.2) is 34.6 Å². The zero-order valence-corrected chi connectivity index (χ0v) is 14.0. The highest BCUT2D eigenvalue weighted by molar-refractivity contribution is 5.90. The summed E-state index contributed by atoms with van der Waals surface area (Å²) in [7, 11) is 1.45. The van der Waals surface area contributed by atoms with E-state index in [9.17, 15) is 4.79 Å². The van der Waals surface area contributed by atoms with E-state index in [1.165, 1.54) is 17.9 Å². The third-order valence-corrected chi connectivity index (χ3v) is 3.17. The second-order valence-electron chi connectivity index (χ2n) is 6.06. The Morgan fingerprint density at radius 3 is 2.52 bits per heavy atom. The Kier molecular flexibility index (Phi) is 4.83. The Morgan fingerprint density at radius 1 is 1.30 bits per heavy atom. The summed E-state index contributed by atoms with van der Waals surface area (Å²) in [6, 6.07) is 3.78. The highest BCUT2D eigenvalue weighted by atomic mass is 16.6. The van der Waals surface area contributed by atoms with Crippen LogP contribution in [0.4, 0.5) is 4.79 Å². The van der Waals surface area contributed by atoms with Crippen LogP contribution >= 0.6 is 0 Å². The Balaban J connectivity index is 2.52. The molecule has 6 heteroatoms. The molecule has 0 aliphatic heterocycles. The first-order valence-electron chi connectivity index (χ1n) is 7.25. The molecule has 2 rings (SSSR count). The van der Waals surface area contributed by atoms with Gasteiger partial charge in [0.2, 0.25) is 0 Å². The summed E-state index contributed by atoms with van der Waals surface area (Å²) in [6.45, 7) is 7.41. The maximum atomic E-state index is 12.5. The van der Waals surface area contributed by atoms with Gasteiger partial charge in [-0.3, -0.25) is 9.55 Å². The van der Waals surface area contributed by atoms with Gasteiger partial charge in [0.15, 0.2) is 0 Å². The van der Waals surface area contributed by atoms with Crippen LogP contribution in [0.5, 0.6) is 0 Å². The van der Waals surface area contributed by atoms with Crippen molar-refractivity contribution in [2.45, 2.75) is 33.3 Å². The smallest absolute Gasteiger partial charge is 0.419 e. The average Bonchev–Trinajstić information content (AvgIpc) is 2.81. The SMILES string of the molecule is CO/N=C\c1c(C)c(-c2ccncc2)cn1C(=O)OC(C)(C)C. The van der Waals surface area contributed by atoms with E-state index in [-0.39, 0.29) is 0 Å². The van der Waals surface area contributed by atoms with Gasteiger partial charge in [0.05, 0.1) is 11.9 Å². The second kappa shape index (κ2) is 6.64. The second-order valence-corrected chi connectivity index (χ2v) is 6.06. The van der Waals surface area contributed by atoms with Crippen LogP contribution in [0.3, 0.4) is 0 Å². The molecule has 0 atom stereocenters. The molecule has 0 aliphatic rings. The number of carbonyl (C=O) groups is 1. The van der Waals surface area contributed by atoms with Gasteiger partial charge in [-0.15, -0.1) is 0 Å². The number of ether oxygens (including phenoxy) is 1. The molecule has 23 heavy (non-hydrogen) atoms. The van der Waals surface area contributed by atoms with Gasteiger partial charge < -0.3 is 9.57 Å². The predicted molar refractivity (Wildman–Crippen MR) is 88.6 cm³/mol. The highest BCUT2D eigenvalue weighted by Gasteiger charge is 2.22. The third-order valence-electron chi connectivity index (χ3n) is 3.17. The van der Waals surface area contributed by atoms with E-state index in [0.29, 0.717) is 5.69 Å². The summed E-state index contributed by atoms with van der Waals surface area (Å²) in [5.41, 5.74) is 2.82. The van der Waals surface area contributed by atoms with Crippen molar-refractivity contribution in [2.24, 2.45) is 5.16 Å². The molecule has 0 N–H and O–H groups in total. The molecule has 0 saturated heterocycles. The number of hydrogen-bond donors (Lipinski definition) is 0. The molecule has 0 amide bonds. The van der Waals surface area contributed by atoms with E-state index < -0.39 is 11.7 Å². The summed E-state index contributed by atoms with van der Waals surface area (Å²) >= 11 is 0. The Labute approximate surface area is 135 Å². The normalized spacial score (nSPS) is 11.7. The van der Waals surface area contributed by atoms with Crippen LogP contribution in [-0.2, 0) is 9.57 Å². The van der Waals surface area contributed by atoms with Crippen molar-refractivity contribution in [3.05, 3.63) is 42.0 Å². The maximum absolute atomic E-state index is 12.5. The van der Waals surface area contributed by atoms with Gasteiger partial charge in [0.1, 0.15) is 12.7 Å². The predicted octanol–water partition coefficient (Wildman–Crippen LogP) is 3.62. The summed E-state index contributed by atoms with van der Waals surface area (Å²) in [5, 5.41) is 3.78. The number of pyridine rings is 1. The average molecular weight is 315 g/mol. The van der Waals surface area contributed by atoms with Crippen LogP contribution in [0.15, 0.2) is 35.9 Å². The van der Waals surface area contributed by atoms with Crippen molar-refractivity contribution in [2.75, 3.05) is 7.11 Å². The third kappa shape index (κ3) is 3.97. The largest absolute Gasteiger partial charge is 0.443 e. The topological polar surface area (TPSA) is 65.7 Å². The van der Waals surface area contributed by atoms with Gasteiger partial charge >= 0.3 is 6.09 Å². The standard InChI is InChI=1S/C17H21N3O3/c1-12-14(13-6-8-18-9-7-13)11-20(15(12)10-19-22-5)16(21)23-17(2,3)4/h6-11H,1-5H3/b19-10-. The van der Waals surface area contributed by atoms with Crippen molar-refractivity contribution < 1.29 is 14.4 Å². The van der Waals surface area contributed by atoms with Crippen molar-refractivity contribution in [3.63, 3.8) is 0 Å². The maximum Gasteiger partial charge on any atom is 0.419 e. The Morgan fingerprint density at radius 2 is 1.96 bits per heavy atom. The van der Waals surface area contributed by atoms with Crippen LogP contribution in [0.1, 0.15) is 32.0 Å². The van der Waals surface area contributed by atoms with Crippen molar-refractivity contribution in [3.8, 4) is 11.1 Å². The number of nitrogens with zero attached hydrogens (tertiary/aromatic N) is 3. The van der Waals surface area contributed by atoms with E-state index >= 15 is 0 Å². The van der Waals surface area contributed by atoms with E-state index in [0.717, 1.165) is 16.7 Å². The van der Waals surface area contributed by atoms with Gasteiger partial charge in [-0.2, -0.15) is 0 Å². The van der Waals surface area contributed by atoms with Crippen molar-refractivity contribution >= 4 is 12.3 Å². The fourth-order valence-electron chi connectivity index (χ4n) is 2.16. The molecule has 0 unspecified atom stereocenters. The van der Waals surface area contributed by atoms with Crippen LogP contribution in [0.2, 0.25) is 0 Å². The fourth-order valence-corrected chi connectivity index (χ4v) is 2.16. The lowest BCUT2D eigenvalue weighted by Gasteiger charge is -2.20. The molecular formula is C17H21N3O3. The Hall–Kier alpha value is -2.63. The Bertz CT molecular complexity index is 713. The van der Waals surface area contributed by atoms with Crippen LogP contribution < -0.4 is 0 Å². The van der Waals surface area contributed by atoms with E-state index in [1.807, 2.05) is 39.8 Å². The lowest BCUT2D eigenvalue weighted by Crippen LogP contribution is -2.27. The number of rotatable bonds is 3. The molecule has 0 spiro atoms. The summed E-state index contributed by atoms with van der Waals surface area (Å²) in [6.07, 6.45) is 6.21. The number of oxime groups is 1. The summed E-state index contributed by atoms with van der Waals surface area (Å²) < 4.78 is 6.90. The quantitative estimate of drug-likeness (QED) is 0.641. The first-order valence-corrected chi connectivity index (χ1v) is 7.25. The molecule has 2 heterocycles. The number of aromatic nitrogens is 2. The first-order chi connectivity index (χ1) is 10.8. The van der Waals surface area contributed by atoms with E-state index in [4.69, 9.17) is 9.57 Å². The molecule has 0 bridgehead atoms. The van der Waals surface area contributed by atoms with Gasteiger partial charge in [-0.1, -0.05) is 5.16 Å². The van der Waals surface area contributed by atoms with Crippen molar-refractivity contribution in [1.82, 2.24) is 9.55 Å². The number of carbonyl (C=O) groups excluding carboxylic acids is 1. The molecule has 2 aromatic heterocycles.